The molecule has 0 amide bonds. The molecule has 2 heterocycles. The van der Waals surface area contributed by atoms with Crippen LogP contribution in [0.15, 0.2) is 36.5 Å². The third-order valence-electron chi connectivity index (χ3n) is 4.69. The molecule has 1 aliphatic rings. The van der Waals surface area contributed by atoms with Crippen LogP contribution in [0.4, 0.5) is 0 Å². The van der Waals surface area contributed by atoms with Crippen LogP contribution in [0.2, 0.25) is 0 Å². The molecule has 2 aromatic rings. The van der Waals surface area contributed by atoms with Crippen molar-refractivity contribution in [1.82, 2.24) is 9.29 Å². The zero-order chi connectivity index (χ0) is 16.4. The maximum absolute atomic E-state index is 12.5. The lowest BCUT2D eigenvalue weighted by Gasteiger charge is -2.27. The van der Waals surface area contributed by atoms with Crippen LogP contribution in [0.5, 0.6) is 0 Å². The van der Waals surface area contributed by atoms with Crippen molar-refractivity contribution in [2.75, 3.05) is 18.8 Å². The second-order valence-electron chi connectivity index (χ2n) is 6.38. The first-order valence-electron chi connectivity index (χ1n) is 8.24. The molecule has 0 saturated carbocycles. The molecule has 1 aromatic carbocycles. The minimum Gasteiger partial charge on any atom is -0.361 e. The Kier molecular flexibility index (Phi) is 4.60. The van der Waals surface area contributed by atoms with E-state index in [1.54, 1.807) is 4.31 Å². The van der Waals surface area contributed by atoms with Gasteiger partial charge in [0.2, 0.25) is 10.0 Å². The summed E-state index contributed by atoms with van der Waals surface area (Å²) in [7, 11) is -3.15. The number of aromatic amines is 1. The molecule has 1 aromatic heterocycles. The van der Waals surface area contributed by atoms with E-state index in [9.17, 15) is 8.42 Å². The summed E-state index contributed by atoms with van der Waals surface area (Å²) >= 11 is 0. The van der Waals surface area contributed by atoms with Crippen molar-refractivity contribution in [2.24, 2.45) is 5.92 Å². The number of benzene rings is 1. The van der Waals surface area contributed by atoms with Crippen LogP contribution in [-0.2, 0) is 10.0 Å². The molecule has 1 atom stereocenters. The maximum Gasteiger partial charge on any atom is 0.214 e. The van der Waals surface area contributed by atoms with Gasteiger partial charge in [-0.15, -0.1) is 0 Å². The van der Waals surface area contributed by atoms with Crippen LogP contribution >= 0.6 is 0 Å². The first-order chi connectivity index (χ1) is 11.0. The van der Waals surface area contributed by atoms with Gasteiger partial charge in [-0.3, -0.25) is 0 Å². The third-order valence-corrected chi connectivity index (χ3v) is 6.80. The van der Waals surface area contributed by atoms with E-state index in [1.807, 2.05) is 32.2 Å². The zero-order valence-electron chi connectivity index (χ0n) is 13.7. The van der Waals surface area contributed by atoms with Gasteiger partial charge in [-0.05, 0) is 24.0 Å². The summed E-state index contributed by atoms with van der Waals surface area (Å²) in [5, 5.41) is 1.20. The van der Waals surface area contributed by atoms with Crippen LogP contribution in [0, 0.1) is 5.92 Å². The van der Waals surface area contributed by atoms with Gasteiger partial charge >= 0.3 is 0 Å². The van der Waals surface area contributed by atoms with Gasteiger partial charge in [-0.1, -0.05) is 44.5 Å². The number of rotatable bonds is 5. The molecular formula is C18H24N2O2S. The van der Waals surface area contributed by atoms with Gasteiger partial charge < -0.3 is 4.98 Å². The number of sulfonamides is 1. The van der Waals surface area contributed by atoms with Crippen molar-refractivity contribution in [3.8, 4) is 0 Å². The normalized spacial score (nSPS) is 18.1. The summed E-state index contributed by atoms with van der Waals surface area (Å²) in [4.78, 5) is 3.29. The van der Waals surface area contributed by atoms with Crippen molar-refractivity contribution >= 4 is 26.5 Å². The summed E-state index contributed by atoms with van der Waals surface area (Å²) < 4.78 is 26.5. The molecule has 0 spiro atoms. The Morgan fingerprint density at radius 2 is 2.09 bits per heavy atom. The lowest BCUT2D eigenvalue weighted by molar-refractivity contribution is 0.432. The number of fused-ring (bicyclic) bond motifs is 1. The van der Waals surface area contributed by atoms with E-state index >= 15 is 0 Å². The van der Waals surface area contributed by atoms with Gasteiger partial charge in [0, 0.05) is 35.8 Å². The van der Waals surface area contributed by atoms with E-state index in [2.05, 4.69) is 23.2 Å². The van der Waals surface area contributed by atoms with Gasteiger partial charge in [-0.2, -0.15) is 4.31 Å². The van der Waals surface area contributed by atoms with E-state index in [1.165, 1.54) is 16.5 Å². The molecule has 1 aliphatic heterocycles. The van der Waals surface area contributed by atoms with Crippen molar-refractivity contribution in [3.05, 3.63) is 42.1 Å². The predicted molar refractivity (Wildman–Crippen MR) is 95.7 cm³/mol. The topological polar surface area (TPSA) is 53.2 Å². The maximum atomic E-state index is 12.5. The van der Waals surface area contributed by atoms with Gasteiger partial charge in [0.15, 0.2) is 0 Å². The lowest BCUT2D eigenvalue weighted by Crippen LogP contribution is -2.37. The Morgan fingerprint density at radius 1 is 1.30 bits per heavy atom. The molecule has 0 saturated heterocycles. The fourth-order valence-electron chi connectivity index (χ4n) is 3.07. The fraction of sp³-hybridized carbons (Fsp3) is 0.444. The van der Waals surface area contributed by atoms with Crippen molar-refractivity contribution in [3.63, 3.8) is 0 Å². The Hall–Kier alpha value is -1.59. The molecule has 0 bridgehead atoms. The highest BCUT2D eigenvalue weighted by Crippen LogP contribution is 2.30. The molecule has 3 rings (SSSR count). The van der Waals surface area contributed by atoms with Crippen LogP contribution in [-0.4, -0.2) is 36.5 Å². The molecule has 0 fully saturated rings. The van der Waals surface area contributed by atoms with E-state index in [0.717, 1.165) is 18.4 Å². The summed E-state index contributed by atoms with van der Waals surface area (Å²) in [5.74, 6) is 0.457. The Labute approximate surface area is 138 Å². The Morgan fingerprint density at radius 3 is 2.78 bits per heavy atom. The van der Waals surface area contributed by atoms with Gasteiger partial charge in [-0.25, -0.2) is 8.42 Å². The average Bonchev–Trinajstić information content (AvgIpc) is 2.98. The average molecular weight is 332 g/mol. The van der Waals surface area contributed by atoms with E-state index in [0.29, 0.717) is 13.1 Å². The second kappa shape index (κ2) is 6.49. The quantitative estimate of drug-likeness (QED) is 0.909. The highest BCUT2D eigenvalue weighted by atomic mass is 32.2. The molecule has 0 aliphatic carbocycles. The van der Waals surface area contributed by atoms with Crippen LogP contribution in [0.25, 0.3) is 16.5 Å². The SMILES string of the molecule is CCC(C)CS(=O)(=O)N1CC=C(c2c[nH]c3ccccc23)CC1. The van der Waals surface area contributed by atoms with E-state index in [-0.39, 0.29) is 11.7 Å². The molecular weight excluding hydrogens is 308 g/mol. The molecule has 1 unspecified atom stereocenters. The number of hydrogen-bond acceptors (Lipinski definition) is 2. The van der Waals surface area contributed by atoms with E-state index < -0.39 is 10.0 Å². The van der Waals surface area contributed by atoms with Crippen LogP contribution < -0.4 is 0 Å². The fourth-order valence-corrected chi connectivity index (χ4v) is 4.90. The summed E-state index contributed by atoms with van der Waals surface area (Å²) in [5.41, 5.74) is 3.55. The minimum atomic E-state index is -3.15. The van der Waals surface area contributed by atoms with Gasteiger partial charge in [0.05, 0.1) is 5.75 Å². The first-order valence-corrected chi connectivity index (χ1v) is 9.85. The number of H-pyrrole nitrogens is 1. The Balaban J connectivity index is 1.79. The smallest absolute Gasteiger partial charge is 0.214 e. The van der Waals surface area contributed by atoms with Gasteiger partial charge in [0.1, 0.15) is 0 Å². The summed E-state index contributed by atoms with van der Waals surface area (Å²) in [6, 6.07) is 8.21. The standard InChI is InChI=1S/C18H24N2O2S/c1-3-14(2)13-23(21,22)20-10-8-15(9-11-20)17-12-19-18-7-5-4-6-16(17)18/h4-8,12,14,19H,3,9-11,13H2,1-2H3. The Bertz CT molecular complexity index is 820. The molecule has 0 radical (unpaired) electrons. The molecule has 23 heavy (non-hydrogen) atoms. The number of nitrogens with one attached hydrogen (secondary N) is 1. The second-order valence-corrected chi connectivity index (χ2v) is 8.39. The van der Waals surface area contributed by atoms with E-state index in [4.69, 9.17) is 0 Å². The molecule has 4 nitrogen and oxygen atoms in total. The van der Waals surface area contributed by atoms with Crippen LogP contribution in [0.3, 0.4) is 0 Å². The monoisotopic (exact) mass is 332 g/mol. The van der Waals surface area contributed by atoms with Crippen molar-refractivity contribution in [2.45, 2.75) is 26.7 Å². The lowest BCUT2D eigenvalue weighted by atomic mass is 10.00. The highest BCUT2D eigenvalue weighted by Gasteiger charge is 2.26. The summed E-state index contributed by atoms with van der Waals surface area (Å²) in [6.45, 7) is 5.08. The minimum absolute atomic E-state index is 0.207. The number of nitrogens with zero attached hydrogens (tertiary/aromatic N) is 1. The van der Waals surface area contributed by atoms with Crippen molar-refractivity contribution in [1.29, 1.82) is 0 Å². The zero-order valence-corrected chi connectivity index (χ0v) is 14.6. The predicted octanol–water partition coefficient (Wildman–Crippen LogP) is 3.63. The third kappa shape index (κ3) is 3.35. The summed E-state index contributed by atoms with van der Waals surface area (Å²) in [6.07, 6.45) is 5.75. The molecule has 1 N–H and O–H groups in total. The van der Waals surface area contributed by atoms with Crippen molar-refractivity contribution < 1.29 is 8.42 Å². The number of para-hydroxylation sites is 1. The number of aromatic nitrogens is 1. The first kappa shape index (κ1) is 16.3. The highest BCUT2D eigenvalue weighted by molar-refractivity contribution is 7.89. The van der Waals surface area contributed by atoms with Crippen LogP contribution in [0.1, 0.15) is 32.3 Å². The number of hydrogen-bond donors (Lipinski definition) is 1. The molecule has 124 valence electrons. The van der Waals surface area contributed by atoms with Gasteiger partial charge in [0.25, 0.3) is 0 Å². The largest absolute Gasteiger partial charge is 0.361 e. The molecule has 5 heteroatoms.